The first-order valence-electron chi connectivity index (χ1n) is 15.1. The first kappa shape index (κ1) is 30.9. The lowest BCUT2D eigenvalue weighted by Gasteiger charge is -2.38. The zero-order chi connectivity index (χ0) is 31.6. The minimum absolute atomic E-state index is 0.0263. The number of aromatic nitrogens is 2. The van der Waals surface area contributed by atoms with Crippen LogP contribution in [0, 0.1) is 5.92 Å². The van der Waals surface area contributed by atoms with E-state index in [0.29, 0.717) is 12.4 Å². The monoisotopic (exact) mass is 627 g/mol. The summed E-state index contributed by atoms with van der Waals surface area (Å²) in [6.45, 7) is 5.08. The normalized spacial score (nSPS) is 19.7. The number of benzene rings is 2. The molecule has 2 N–H and O–H groups in total. The van der Waals surface area contributed by atoms with Crippen LogP contribution in [0.3, 0.4) is 0 Å². The first-order chi connectivity index (χ1) is 21.6. The third-order valence-electron chi connectivity index (χ3n) is 8.60. The number of nitrogens with zero attached hydrogens (tertiary/aromatic N) is 4. The Morgan fingerprint density at radius 2 is 1.73 bits per heavy atom. The molecule has 6 rings (SSSR count). The SMILES string of the molecule is COC(=O)[C@H]1C[C@@H](OCCN2CCN(c3nc(N)nc4c3CCc3cc(OCc5ccc(OC(F)(F)F)cc5)ccc3-4)CC2)C1. The van der Waals surface area contributed by atoms with Gasteiger partial charge >= 0.3 is 12.3 Å². The lowest BCUT2D eigenvalue weighted by atomic mass is 9.82. The van der Waals surface area contributed by atoms with E-state index in [1.807, 2.05) is 18.2 Å². The van der Waals surface area contributed by atoms with Crippen LogP contribution in [0.5, 0.6) is 11.5 Å². The fraction of sp³-hybridized carbons (Fsp3) is 0.469. The molecule has 0 bridgehead atoms. The molecule has 1 saturated heterocycles. The molecule has 10 nitrogen and oxygen atoms in total. The molecule has 2 aliphatic carbocycles. The highest BCUT2D eigenvalue weighted by atomic mass is 19.4. The zero-order valence-corrected chi connectivity index (χ0v) is 25.0. The number of hydrogen-bond acceptors (Lipinski definition) is 10. The van der Waals surface area contributed by atoms with Gasteiger partial charge in [0, 0.05) is 43.9 Å². The summed E-state index contributed by atoms with van der Waals surface area (Å²) < 4.78 is 57.9. The fourth-order valence-corrected chi connectivity index (χ4v) is 6.11. The van der Waals surface area contributed by atoms with Crippen LogP contribution in [0.25, 0.3) is 11.3 Å². The van der Waals surface area contributed by atoms with Crippen molar-refractivity contribution in [3.8, 4) is 22.8 Å². The number of alkyl halides is 3. The van der Waals surface area contributed by atoms with Crippen LogP contribution in [0.1, 0.15) is 29.5 Å². The number of ether oxygens (including phenoxy) is 4. The van der Waals surface area contributed by atoms with Crippen molar-refractivity contribution in [3.05, 3.63) is 59.2 Å². The van der Waals surface area contributed by atoms with Gasteiger partial charge in [0.15, 0.2) is 0 Å². The van der Waals surface area contributed by atoms with Gasteiger partial charge in [0.05, 0.1) is 31.4 Å². The largest absolute Gasteiger partial charge is 0.573 e. The molecule has 3 aromatic rings. The maximum atomic E-state index is 12.4. The number of carbonyl (C=O) groups is 1. The van der Waals surface area contributed by atoms with E-state index in [-0.39, 0.29) is 36.3 Å². The predicted molar refractivity (Wildman–Crippen MR) is 160 cm³/mol. The Morgan fingerprint density at radius 3 is 2.44 bits per heavy atom. The van der Waals surface area contributed by atoms with Crippen molar-refractivity contribution in [2.75, 3.05) is 57.1 Å². The topological polar surface area (TPSA) is 112 Å². The molecule has 1 aliphatic heterocycles. The third kappa shape index (κ3) is 7.42. The van der Waals surface area contributed by atoms with Crippen molar-refractivity contribution in [2.24, 2.45) is 5.92 Å². The van der Waals surface area contributed by atoms with Gasteiger partial charge in [-0.1, -0.05) is 12.1 Å². The van der Waals surface area contributed by atoms with Crippen LogP contribution in [0.2, 0.25) is 0 Å². The highest BCUT2D eigenvalue weighted by Crippen LogP contribution is 2.39. The number of rotatable bonds is 10. The summed E-state index contributed by atoms with van der Waals surface area (Å²) in [5.41, 5.74) is 10.9. The first-order valence-corrected chi connectivity index (χ1v) is 15.1. The predicted octanol–water partition coefficient (Wildman–Crippen LogP) is 4.39. The van der Waals surface area contributed by atoms with E-state index >= 15 is 0 Å². The highest BCUT2D eigenvalue weighted by Gasteiger charge is 2.36. The molecule has 1 saturated carbocycles. The minimum atomic E-state index is -4.73. The van der Waals surface area contributed by atoms with E-state index in [9.17, 15) is 18.0 Å². The summed E-state index contributed by atoms with van der Waals surface area (Å²) in [7, 11) is 1.42. The number of nitrogens with two attached hydrogens (primary N) is 1. The van der Waals surface area contributed by atoms with Crippen LogP contribution >= 0.6 is 0 Å². The summed E-state index contributed by atoms with van der Waals surface area (Å²) in [4.78, 5) is 25.5. The lowest BCUT2D eigenvalue weighted by Crippen LogP contribution is -2.48. The highest BCUT2D eigenvalue weighted by molar-refractivity contribution is 5.76. The Balaban J connectivity index is 1.03. The van der Waals surface area contributed by atoms with Gasteiger partial charge in [0.25, 0.3) is 0 Å². The molecule has 3 aliphatic rings. The fourth-order valence-electron chi connectivity index (χ4n) is 6.11. The quantitative estimate of drug-likeness (QED) is 0.325. The molecule has 13 heteroatoms. The Bertz CT molecular complexity index is 1510. The number of nitrogen functional groups attached to an aromatic ring is 1. The van der Waals surface area contributed by atoms with Gasteiger partial charge in [0.1, 0.15) is 23.9 Å². The molecule has 0 atom stereocenters. The van der Waals surface area contributed by atoms with E-state index in [2.05, 4.69) is 24.5 Å². The Kier molecular flexibility index (Phi) is 8.99. The van der Waals surface area contributed by atoms with Crippen LogP contribution in [0.15, 0.2) is 42.5 Å². The van der Waals surface area contributed by atoms with E-state index in [0.717, 1.165) is 92.2 Å². The summed E-state index contributed by atoms with van der Waals surface area (Å²) in [5, 5.41) is 0. The van der Waals surface area contributed by atoms with Crippen molar-refractivity contribution in [1.29, 1.82) is 0 Å². The number of aryl methyl sites for hydroxylation is 1. The van der Waals surface area contributed by atoms with Gasteiger partial charge in [-0.3, -0.25) is 9.69 Å². The van der Waals surface area contributed by atoms with Crippen molar-refractivity contribution in [3.63, 3.8) is 0 Å². The summed E-state index contributed by atoms with van der Waals surface area (Å²) in [5.74, 6) is 1.34. The van der Waals surface area contributed by atoms with Crippen LogP contribution in [0.4, 0.5) is 24.9 Å². The number of fused-ring (bicyclic) bond motifs is 3. The lowest BCUT2D eigenvalue weighted by molar-refractivity contribution is -0.274. The van der Waals surface area contributed by atoms with Gasteiger partial charge in [-0.2, -0.15) is 4.98 Å². The van der Waals surface area contributed by atoms with Gasteiger partial charge in [-0.15, -0.1) is 13.2 Å². The van der Waals surface area contributed by atoms with Crippen LogP contribution in [-0.2, 0) is 33.7 Å². The molecule has 1 aromatic heterocycles. The van der Waals surface area contributed by atoms with Gasteiger partial charge < -0.3 is 29.6 Å². The van der Waals surface area contributed by atoms with Gasteiger partial charge in [-0.05, 0) is 67.1 Å². The molecule has 0 amide bonds. The summed E-state index contributed by atoms with van der Waals surface area (Å²) in [6.07, 6.45) is -1.56. The van der Waals surface area contributed by atoms with Crippen molar-refractivity contribution < 1.29 is 36.9 Å². The second-order valence-corrected chi connectivity index (χ2v) is 11.5. The second-order valence-electron chi connectivity index (χ2n) is 11.5. The van der Waals surface area contributed by atoms with Crippen LogP contribution in [-0.4, -0.2) is 79.7 Å². The number of methoxy groups -OCH3 is 1. The molecule has 2 fully saturated rings. The summed E-state index contributed by atoms with van der Waals surface area (Å²) in [6, 6.07) is 11.5. The number of esters is 1. The third-order valence-corrected chi connectivity index (χ3v) is 8.60. The number of anilines is 2. The molecule has 0 radical (unpaired) electrons. The molecule has 0 unspecified atom stereocenters. The van der Waals surface area contributed by atoms with E-state index in [4.69, 9.17) is 19.9 Å². The van der Waals surface area contributed by atoms with Crippen molar-refractivity contribution >= 4 is 17.7 Å². The maximum Gasteiger partial charge on any atom is 0.573 e. The maximum absolute atomic E-state index is 12.4. The smallest absolute Gasteiger partial charge is 0.489 e. The number of piperazine rings is 1. The Hall–Kier alpha value is -4.10. The number of carbonyl (C=O) groups excluding carboxylic acids is 1. The van der Waals surface area contributed by atoms with E-state index in [1.54, 1.807) is 12.1 Å². The number of hydrogen-bond donors (Lipinski definition) is 1. The van der Waals surface area contributed by atoms with Crippen LogP contribution < -0.4 is 20.1 Å². The van der Waals surface area contributed by atoms with E-state index in [1.165, 1.54) is 19.2 Å². The zero-order valence-electron chi connectivity index (χ0n) is 25.0. The van der Waals surface area contributed by atoms with Gasteiger partial charge in [0.2, 0.25) is 5.95 Å². The molecule has 240 valence electrons. The molecular weight excluding hydrogens is 591 g/mol. The minimum Gasteiger partial charge on any atom is -0.489 e. The van der Waals surface area contributed by atoms with E-state index < -0.39 is 6.36 Å². The molecule has 45 heavy (non-hydrogen) atoms. The van der Waals surface area contributed by atoms with Gasteiger partial charge in [-0.25, -0.2) is 4.98 Å². The van der Waals surface area contributed by atoms with Crippen molar-refractivity contribution in [2.45, 2.75) is 44.8 Å². The second kappa shape index (κ2) is 13.1. The molecular formula is C32H36F3N5O5. The molecule has 2 heterocycles. The molecule has 0 spiro atoms. The Morgan fingerprint density at radius 1 is 1.00 bits per heavy atom. The molecule has 2 aromatic carbocycles. The summed E-state index contributed by atoms with van der Waals surface area (Å²) >= 11 is 0. The number of halogens is 3. The Labute approximate surface area is 259 Å². The standard InChI is InChI=1S/C32H36F3N5O5/c1-42-30(41)22-17-25(18-22)43-15-14-39-10-12-40(13-11-39)29-27-8-4-21-16-24(7-9-26(21)28(27)37-31(36)38-29)44-19-20-2-5-23(6-3-20)45-32(33,34)35/h2-3,5-7,9,16,22,25H,4,8,10-15,17-19H2,1H3,(H2,36,37,38)/t22-,25+. The van der Waals surface area contributed by atoms with Crippen molar-refractivity contribution in [1.82, 2.24) is 14.9 Å². The average molecular weight is 628 g/mol. The average Bonchev–Trinajstić information content (AvgIpc) is 3.00.